The molecule has 2 aromatic rings. The van der Waals surface area contributed by atoms with E-state index in [1.807, 2.05) is 50.2 Å². The van der Waals surface area contributed by atoms with Gasteiger partial charge in [0.2, 0.25) is 10.0 Å². The minimum Gasteiger partial charge on any atom is -0.207 e. The monoisotopic (exact) mass is 403 g/mol. The predicted molar refractivity (Wildman–Crippen MR) is 111 cm³/mol. The third-order valence-electron chi connectivity index (χ3n) is 5.10. The Morgan fingerprint density at radius 3 is 2.11 bits per heavy atom. The lowest BCUT2D eigenvalue weighted by Crippen LogP contribution is -2.45. The SMILES string of the molecule is CC1=C[C@@H](C(C)(C)C)N(S(=O)(=O)c2ccccc2C)C1c1ccc(Cl)cc1. The summed E-state index contributed by atoms with van der Waals surface area (Å²) in [6.45, 7) is 10.1. The fourth-order valence-electron chi connectivity index (χ4n) is 3.71. The summed E-state index contributed by atoms with van der Waals surface area (Å²) in [7, 11) is -3.69. The van der Waals surface area contributed by atoms with Crippen molar-refractivity contribution in [2.45, 2.75) is 51.6 Å². The van der Waals surface area contributed by atoms with Gasteiger partial charge in [0.25, 0.3) is 0 Å². The molecule has 1 unspecified atom stereocenters. The minimum atomic E-state index is -3.69. The Hall–Kier alpha value is -1.62. The highest BCUT2D eigenvalue weighted by Crippen LogP contribution is 2.46. The van der Waals surface area contributed by atoms with Crippen molar-refractivity contribution in [2.75, 3.05) is 0 Å². The Kier molecular flexibility index (Phi) is 5.28. The molecular formula is C22H26ClNO2S. The molecule has 2 aromatic carbocycles. The smallest absolute Gasteiger partial charge is 0.207 e. The summed E-state index contributed by atoms with van der Waals surface area (Å²) in [5.74, 6) is 0. The molecule has 0 fully saturated rings. The van der Waals surface area contributed by atoms with E-state index in [1.165, 1.54) is 0 Å². The van der Waals surface area contributed by atoms with Gasteiger partial charge in [0.15, 0.2) is 0 Å². The number of nitrogens with zero attached hydrogens (tertiary/aromatic N) is 1. The van der Waals surface area contributed by atoms with Gasteiger partial charge < -0.3 is 0 Å². The fraction of sp³-hybridized carbons (Fsp3) is 0.364. The van der Waals surface area contributed by atoms with E-state index in [9.17, 15) is 8.42 Å². The van der Waals surface area contributed by atoms with Gasteiger partial charge in [-0.3, -0.25) is 0 Å². The summed E-state index contributed by atoms with van der Waals surface area (Å²) in [6.07, 6.45) is 2.09. The highest BCUT2D eigenvalue weighted by atomic mass is 35.5. The molecule has 27 heavy (non-hydrogen) atoms. The highest BCUT2D eigenvalue weighted by Gasteiger charge is 2.46. The zero-order chi connectivity index (χ0) is 20.0. The summed E-state index contributed by atoms with van der Waals surface area (Å²) in [5, 5.41) is 0.638. The maximum Gasteiger partial charge on any atom is 0.244 e. The number of hydrogen-bond acceptors (Lipinski definition) is 2. The molecule has 1 aliphatic rings. The number of halogens is 1. The quantitative estimate of drug-likeness (QED) is 0.611. The van der Waals surface area contributed by atoms with Crippen LogP contribution in [0.3, 0.4) is 0 Å². The second-order valence-electron chi connectivity index (χ2n) is 8.28. The van der Waals surface area contributed by atoms with Gasteiger partial charge in [-0.05, 0) is 48.6 Å². The number of sulfonamides is 1. The van der Waals surface area contributed by atoms with Crippen molar-refractivity contribution in [3.8, 4) is 0 Å². The van der Waals surface area contributed by atoms with Crippen molar-refractivity contribution in [3.05, 3.63) is 76.3 Å². The van der Waals surface area contributed by atoms with Crippen LogP contribution < -0.4 is 0 Å². The fourth-order valence-corrected chi connectivity index (χ4v) is 6.03. The molecule has 1 heterocycles. The van der Waals surface area contributed by atoms with Crippen LogP contribution in [0.1, 0.15) is 44.9 Å². The molecule has 144 valence electrons. The largest absolute Gasteiger partial charge is 0.244 e. The molecule has 0 aromatic heterocycles. The van der Waals surface area contributed by atoms with Crippen molar-refractivity contribution in [1.82, 2.24) is 4.31 Å². The van der Waals surface area contributed by atoms with E-state index < -0.39 is 10.0 Å². The van der Waals surface area contributed by atoms with Crippen LogP contribution in [0.15, 0.2) is 65.1 Å². The maximum absolute atomic E-state index is 13.8. The molecule has 0 N–H and O–H groups in total. The number of aryl methyl sites for hydroxylation is 1. The minimum absolute atomic E-state index is 0.234. The Labute approximate surface area is 167 Å². The standard InChI is InChI=1S/C22H26ClNO2S/c1-15-8-6-7-9-19(15)27(25,26)24-20(22(3,4)5)14-16(2)21(24)17-10-12-18(23)13-11-17/h6-14,20-21H,1-5H3/t20-,21?/m0/s1. The molecule has 3 nitrogen and oxygen atoms in total. The van der Waals surface area contributed by atoms with Gasteiger partial charge >= 0.3 is 0 Å². The molecule has 5 heteroatoms. The van der Waals surface area contributed by atoms with Crippen LogP contribution in [0.4, 0.5) is 0 Å². The molecule has 1 aliphatic heterocycles. The number of rotatable bonds is 3. The molecule has 0 radical (unpaired) electrons. The van der Waals surface area contributed by atoms with E-state index in [2.05, 4.69) is 26.8 Å². The lowest BCUT2D eigenvalue weighted by Gasteiger charge is -2.37. The van der Waals surface area contributed by atoms with Crippen molar-refractivity contribution in [1.29, 1.82) is 0 Å². The van der Waals surface area contributed by atoms with Crippen LogP contribution in [0.2, 0.25) is 5.02 Å². The van der Waals surface area contributed by atoms with Gasteiger partial charge in [-0.2, -0.15) is 4.31 Å². The molecule has 3 rings (SSSR count). The second kappa shape index (κ2) is 7.08. The first-order valence-corrected chi connectivity index (χ1v) is 10.9. The molecule has 0 amide bonds. The Morgan fingerprint density at radius 2 is 1.56 bits per heavy atom. The summed E-state index contributed by atoms with van der Waals surface area (Å²) >= 11 is 6.05. The zero-order valence-electron chi connectivity index (χ0n) is 16.4. The number of benzene rings is 2. The second-order valence-corrected chi connectivity index (χ2v) is 10.5. The van der Waals surface area contributed by atoms with Gasteiger partial charge in [0.05, 0.1) is 10.9 Å². The molecule has 0 aliphatic carbocycles. The van der Waals surface area contributed by atoms with Gasteiger partial charge in [0.1, 0.15) is 0 Å². The summed E-state index contributed by atoms with van der Waals surface area (Å²) in [6, 6.07) is 14.0. The van der Waals surface area contributed by atoms with Crippen molar-refractivity contribution in [3.63, 3.8) is 0 Å². The Bertz CT molecular complexity index is 972. The molecule has 0 saturated heterocycles. The topological polar surface area (TPSA) is 37.4 Å². The van der Waals surface area contributed by atoms with Crippen LogP contribution in [0, 0.1) is 12.3 Å². The first-order chi connectivity index (χ1) is 12.5. The van der Waals surface area contributed by atoms with E-state index in [1.54, 1.807) is 16.4 Å². The van der Waals surface area contributed by atoms with E-state index in [0.29, 0.717) is 9.92 Å². The van der Waals surface area contributed by atoms with Crippen molar-refractivity contribution < 1.29 is 8.42 Å². The van der Waals surface area contributed by atoms with Crippen LogP contribution >= 0.6 is 11.6 Å². The molecule has 0 saturated carbocycles. The van der Waals surface area contributed by atoms with E-state index in [4.69, 9.17) is 11.6 Å². The molecule has 2 atom stereocenters. The average Bonchev–Trinajstić information content (AvgIpc) is 2.94. The predicted octanol–water partition coefficient (Wildman–Crippen LogP) is 5.76. The zero-order valence-corrected chi connectivity index (χ0v) is 18.0. The van der Waals surface area contributed by atoms with Gasteiger partial charge in [0, 0.05) is 11.1 Å². The Balaban J connectivity index is 2.20. The molecule has 0 spiro atoms. The lowest BCUT2D eigenvalue weighted by atomic mass is 9.87. The highest BCUT2D eigenvalue weighted by molar-refractivity contribution is 7.89. The Morgan fingerprint density at radius 1 is 0.963 bits per heavy atom. The first kappa shape index (κ1) is 20.1. The van der Waals surface area contributed by atoms with E-state index in [-0.39, 0.29) is 17.5 Å². The third-order valence-corrected chi connectivity index (χ3v) is 7.36. The molecule has 0 bridgehead atoms. The van der Waals surface area contributed by atoms with E-state index >= 15 is 0 Å². The molecular weight excluding hydrogens is 378 g/mol. The normalized spacial score (nSPS) is 21.3. The third kappa shape index (κ3) is 3.71. The summed E-state index contributed by atoms with van der Waals surface area (Å²) in [4.78, 5) is 0.362. The van der Waals surface area contributed by atoms with Gasteiger partial charge in [-0.1, -0.05) is 74.4 Å². The van der Waals surface area contributed by atoms with Crippen LogP contribution in [0.25, 0.3) is 0 Å². The first-order valence-electron chi connectivity index (χ1n) is 9.06. The number of hydrogen-bond donors (Lipinski definition) is 0. The lowest BCUT2D eigenvalue weighted by molar-refractivity contribution is 0.211. The van der Waals surface area contributed by atoms with E-state index in [0.717, 1.165) is 16.7 Å². The van der Waals surface area contributed by atoms with Crippen LogP contribution in [-0.2, 0) is 10.0 Å². The van der Waals surface area contributed by atoms with Crippen molar-refractivity contribution in [2.24, 2.45) is 5.41 Å². The van der Waals surface area contributed by atoms with Gasteiger partial charge in [-0.15, -0.1) is 0 Å². The maximum atomic E-state index is 13.8. The van der Waals surface area contributed by atoms with Gasteiger partial charge in [-0.25, -0.2) is 8.42 Å². The van der Waals surface area contributed by atoms with Crippen LogP contribution in [0.5, 0.6) is 0 Å². The van der Waals surface area contributed by atoms with Crippen LogP contribution in [-0.4, -0.2) is 18.8 Å². The average molecular weight is 404 g/mol. The van der Waals surface area contributed by atoms with Crippen molar-refractivity contribution >= 4 is 21.6 Å². The summed E-state index contributed by atoms with van der Waals surface area (Å²) < 4.78 is 29.2. The summed E-state index contributed by atoms with van der Waals surface area (Å²) in [5.41, 5.74) is 2.48.